The average Bonchev–Trinajstić information content (AvgIpc) is 2.71. The molecule has 0 bridgehead atoms. The minimum atomic E-state index is 0.760. The monoisotopic (exact) mass is 412 g/mol. The van der Waals surface area contributed by atoms with E-state index >= 15 is 0 Å². The normalized spacial score (nSPS) is 14.4. The molecular weight excluding hydrogens is 391 g/mol. The van der Waals surface area contributed by atoms with Crippen molar-refractivity contribution in [3.05, 3.63) is 81.5 Å². The second kappa shape index (κ2) is 8.38. The molecule has 1 saturated heterocycles. The summed E-state index contributed by atoms with van der Waals surface area (Å²) in [5.41, 5.74) is 4.38. The van der Waals surface area contributed by atoms with Crippen molar-refractivity contribution in [1.82, 2.24) is 10.2 Å². The lowest BCUT2D eigenvalue weighted by molar-refractivity contribution is 0.642. The molecule has 1 aliphatic rings. The maximum absolute atomic E-state index is 6.34. The van der Waals surface area contributed by atoms with E-state index < -0.39 is 0 Å². The minimum absolute atomic E-state index is 0.760. The fourth-order valence-corrected chi connectivity index (χ4v) is 3.91. The topological polar surface area (TPSA) is 32.3 Å². The molecule has 0 radical (unpaired) electrons. The number of hydrogen-bond acceptors (Lipinski definition) is 4. The van der Waals surface area contributed by atoms with Crippen LogP contribution in [-0.2, 0) is 6.42 Å². The molecule has 3 aromatic rings. The third-order valence-corrected chi connectivity index (χ3v) is 5.79. The van der Waals surface area contributed by atoms with Gasteiger partial charge in [0.2, 0.25) is 0 Å². The molecule has 4 rings (SSSR count). The zero-order chi connectivity index (χ0) is 19.5. The van der Waals surface area contributed by atoms with Gasteiger partial charge in [-0.25, -0.2) is 0 Å². The molecule has 0 atom stereocenters. The van der Waals surface area contributed by atoms with Crippen molar-refractivity contribution in [1.29, 1.82) is 0 Å². The van der Waals surface area contributed by atoms with E-state index in [2.05, 4.69) is 38.2 Å². The van der Waals surface area contributed by atoms with Crippen LogP contribution in [0.5, 0.6) is 0 Å². The van der Waals surface area contributed by atoms with Gasteiger partial charge in [-0.3, -0.25) is 0 Å². The third kappa shape index (κ3) is 4.23. The van der Waals surface area contributed by atoms with Crippen molar-refractivity contribution >= 4 is 34.7 Å². The maximum atomic E-state index is 6.34. The third-order valence-electron chi connectivity index (χ3n) is 5.19. The first-order chi connectivity index (χ1) is 13.6. The Labute approximate surface area is 175 Å². The number of rotatable bonds is 4. The van der Waals surface area contributed by atoms with E-state index in [9.17, 15) is 0 Å². The Morgan fingerprint density at radius 1 is 0.821 bits per heavy atom. The van der Waals surface area contributed by atoms with Gasteiger partial charge >= 0.3 is 0 Å². The van der Waals surface area contributed by atoms with Crippen LogP contribution in [0, 0.1) is 6.92 Å². The van der Waals surface area contributed by atoms with E-state index in [1.165, 1.54) is 5.69 Å². The van der Waals surface area contributed by atoms with Crippen molar-refractivity contribution in [2.24, 2.45) is 0 Å². The molecule has 2 heterocycles. The van der Waals surface area contributed by atoms with E-state index in [0.29, 0.717) is 0 Å². The van der Waals surface area contributed by atoms with Crippen LogP contribution < -0.4 is 9.80 Å². The van der Waals surface area contributed by atoms with Crippen LogP contribution in [0.15, 0.2) is 54.6 Å². The van der Waals surface area contributed by atoms with E-state index in [0.717, 1.165) is 65.3 Å². The van der Waals surface area contributed by atoms with Gasteiger partial charge in [-0.1, -0.05) is 47.5 Å². The van der Waals surface area contributed by atoms with Crippen molar-refractivity contribution in [2.75, 3.05) is 36.0 Å². The van der Waals surface area contributed by atoms with Crippen LogP contribution in [-0.4, -0.2) is 36.4 Å². The number of nitrogens with zero attached hydrogens (tertiary/aromatic N) is 4. The molecule has 0 aliphatic carbocycles. The van der Waals surface area contributed by atoms with Crippen molar-refractivity contribution in [3.8, 4) is 0 Å². The molecule has 28 heavy (non-hydrogen) atoms. The smallest absolute Gasteiger partial charge is 0.151 e. The molecule has 0 saturated carbocycles. The average molecular weight is 413 g/mol. The van der Waals surface area contributed by atoms with Gasteiger partial charge < -0.3 is 9.80 Å². The van der Waals surface area contributed by atoms with Crippen LogP contribution >= 0.6 is 23.2 Å². The molecule has 0 N–H and O–H groups in total. The lowest BCUT2D eigenvalue weighted by Gasteiger charge is -2.36. The van der Waals surface area contributed by atoms with Crippen LogP contribution in [0.4, 0.5) is 11.5 Å². The highest BCUT2D eigenvalue weighted by molar-refractivity contribution is 6.31. The highest BCUT2D eigenvalue weighted by Crippen LogP contribution is 2.25. The molecule has 1 aromatic heterocycles. The van der Waals surface area contributed by atoms with Gasteiger partial charge in [0.15, 0.2) is 5.82 Å². The second-order valence-corrected chi connectivity index (χ2v) is 7.88. The highest BCUT2D eigenvalue weighted by atomic mass is 35.5. The maximum Gasteiger partial charge on any atom is 0.151 e. The first-order valence-corrected chi connectivity index (χ1v) is 10.2. The quantitative estimate of drug-likeness (QED) is 0.602. The van der Waals surface area contributed by atoms with Crippen molar-refractivity contribution in [2.45, 2.75) is 13.3 Å². The summed E-state index contributed by atoms with van der Waals surface area (Å²) in [5.74, 6) is 0.929. The Morgan fingerprint density at radius 2 is 1.57 bits per heavy atom. The number of piperazine rings is 1. The zero-order valence-electron chi connectivity index (χ0n) is 15.8. The van der Waals surface area contributed by atoms with Gasteiger partial charge in [-0.15, -0.1) is 5.10 Å². The lowest BCUT2D eigenvalue weighted by Crippen LogP contribution is -2.47. The molecule has 0 amide bonds. The van der Waals surface area contributed by atoms with E-state index in [1.807, 2.05) is 43.3 Å². The molecule has 1 fully saturated rings. The summed E-state index contributed by atoms with van der Waals surface area (Å²) in [5, 5.41) is 10.4. The standard InChI is InChI=1S/C22H22Cl2N4/c1-16-18(13-17-5-2-3-8-21(17)24)14-22(26-25-16)28-11-9-27(10-12-28)20-7-4-6-19(23)15-20/h2-8,14-15H,9-13H2,1H3. The van der Waals surface area contributed by atoms with Gasteiger partial charge in [0, 0.05) is 48.3 Å². The van der Waals surface area contributed by atoms with E-state index in [-0.39, 0.29) is 0 Å². The van der Waals surface area contributed by atoms with Gasteiger partial charge in [0.1, 0.15) is 0 Å². The fourth-order valence-electron chi connectivity index (χ4n) is 3.53. The van der Waals surface area contributed by atoms with Crippen LogP contribution in [0.2, 0.25) is 10.0 Å². The number of halogens is 2. The molecule has 4 nitrogen and oxygen atoms in total. The van der Waals surface area contributed by atoms with Crippen molar-refractivity contribution < 1.29 is 0 Å². The summed E-state index contributed by atoms with van der Waals surface area (Å²) in [6, 6.07) is 18.1. The Kier molecular flexibility index (Phi) is 5.69. The Bertz CT molecular complexity index is 968. The molecule has 6 heteroatoms. The summed E-state index contributed by atoms with van der Waals surface area (Å²) in [7, 11) is 0. The van der Waals surface area contributed by atoms with Crippen LogP contribution in [0.25, 0.3) is 0 Å². The summed E-state index contributed by atoms with van der Waals surface area (Å²) in [4.78, 5) is 4.65. The largest absolute Gasteiger partial charge is 0.368 e. The SMILES string of the molecule is Cc1nnc(N2CCN(c3cccc(Cl)c3)CC2)cc1Cc1ccccc1Cl. The van der Waals surface area contributed by atoms with Crippen LogP contribution in [0.1, 0.15) is 16.8 Å². The number of aryl methyl sites for hydroxylation is 1. The number of hydrogen-bond donors (Lipinski definition) is 0. The zero-order valence-corrected chi connectivity index (χ0v) is 17.3. The summed E-state index contributed by atoms with van der Waals surface area (Å²) >= 11 is 12.5. The molecule has 0 spiro atoms. The predicted octanol–water partition coefficient (Wildman–Crippen LogP) is 5.01. The summed E-state index contributed by atoms with van der Waals surface area (Å²) < 4.78 is 0. The number of anilines is 2. The predicted molar refractivity (Wildman–Crippen MR) is 117 cm³/mol. The van der Waals surface area contributed by atoms with Crippen molar-refractivity contribution in [3.63, 3.8) is 0 Å². The van der Waals surface area contributed by atoms with Gasteiger partial charge in [-0.2, -0.15) is 5.10 Å². The second-order valence-electron chi connectivity index (χ2n) is 7.04. The van der Waals surface area contributed by atoms with Gasteiger partial charge in [0.25, 0.3) is 0 Å². The summed E-state index contributed by atoms with van der Waals surface area (Å²) in [6.45, 7) is 5.65. The van der Waals surface area contributed by atoms with Gasteiger partial charge in [0.05, 0.1) is 5.69 Å². The molecular formula is C22H22Cl2N4. The van der Waals surface area contributed by atoms with Crippen LogP contribution in [0.3, 0.4) is 0 Å². The lowest BCUT2D eigenvalue weighted by atomic mass is 10.0. The molecule has 144 valence electrons. The fraction of sp³-hybridized carbons (Fsp3) is 0.273. The first kappa shape index (κ1) is 19.0. The summed E-state index contributed by atoms with van der Waals surface area (Å²) in [6.07, 6.45) is 0.760. The Balaban J connectivity index is 1.47. The first-order valence-electron chi connectivity index (χ1n) is 9.42. The Morgan fingerprint density at radius 3 is 2.32 bits per heavy atom. The molecule has 0 unspecified atom stereocenters. The van der Waals surface area contributed by atoms with E-state index in [1.54, 1.807) is 0 Å². The number of aromatic nitrogens is 2. The Hall–Kier alpha value is -2.30. The minimum Gasteiger partial charge on any atom is -0.368 e. The highest BCUT2D eigenvalue weighted by Gasteiger charge is 2.20. The van der Waals surface area contributed by atoms with Gasteiger partial charge in [-0.05, 0) is 48.4 Å². The van der Waals surface area contributed by atoms with E-state index in [4.69, 9.17) is 23.2 Å². The molecule has 1 aliphatic heterocycles. The molecule has 2 aromatic carbocycles. The number of benzene rings is 2.